The molecule has 0 saturated carbocycles. The third-order valence-corrected chi connectivity index (χ3v) is 2.96. The molecule has 0 bridgehead atoms. The fourth-order valence-corrected chi connectivity index (χ4v) is 2.35. The van der Waals surface area contributed by atoms with Gasteiger partial charge >= 0.3 is 0 Å². The highest BCUT2D eigenvalue weighted by Gasteiger charge is 2.00. The molecule has 3 heteroatoms. The van der Waals surface area contributed by atoms with Crippen molar-refractivity contribution in [3.8, 4) is 0 Å². The molecule has 1 heterocycles. The Hall–Kier alpha value is -0.570. The van der Waals surface area contributed by atoms with Gasteiger partial charge in [-0.05, 0) is 34.2 Å². The second kappa shape index (κ2) is 3.44. The predicted octanol–water partition coefficient (Wildman–Crippen LogP) is 3.14. The van der Waals surface area contributed by atoms with Crippen LogP contribution in [0.5, 0.6) is 0 Å². The van der Waals surface area contributed by atoms with E-state index in [9.17, 15) is 0 Å². The number of nitrogens with one attached hydrogen (secondary N) is 1. The van der Waals surface area contributed by atoms with Crippen molar-refractivity contribution in [1.29, 1.82) is 0 Å². The van der Waals surface area contributed by atoms with E-state index < -0.39 is 0 Å². The molecule has 2 aromatic rings. The maximum atomic E-state index is 5.45. The molecular weight excluding hydrogens is 190 g/mol. The van der Waals surface area contributed by atoms with Gasteiger partial charge in [-0.3, -0.25) is 0 Å². The lowest BCUT2D eigenvalue weighted by molar-refractivity contribution is 0.979. The lowest BCUT2D eigenvalue weighted by Gasteiger charge is -1.94. The maximum absolute atomic E-state index is 5.45. The zero-order chi connectivity index (χ0) is 8.39. The van der Waals surface area contributed by atoms with E-state index in [2.05, 4.69) is 28.4 Å². The highest BCUT2D eigenvalue weighted by molar-refractivity contribution is 7.17. The van der Waals surface area contributed by atoms with Gasteiger partial charge in [-0.1, -0.05) is 18.2 Å². The second-order valence-electron chi connectivity index (χ2n) is 2.57. The first-order valence-corrected chi connectivity index (χ1v) is 4.96. The summed E-state index contributed by atoms with van der Waals surface area (Å²) in [5, 5.41) is 3.44. The van der Waals surface area contributed by atoms with E-state index >= 15 is 0 Å². The van der Waals surface area contributed by atoms with E-state index in [0.29, 0.717) is 0 Å². The quantitative estimate of drug-likeness (QED) is 0.730. The van der Waals surface area contributed by atoms with E-state index in [1.807, 2.05) is 6.07 Å². The van der Waals surface area contributed by atoms with Gasteiger partial charge in [0, 0.05) is 11.2 Å². The first-order chi connectivity index (χ1) is 5.92. The zero-order valence-electron chi connectivity index (χ0n) is 6.38. The van der Waals surface area contributed by atoms with Crippen LogP contribution in [0.15, 0.2) is 29.6 Å². The van der Waals surface area contributed by atoms with E-state index in [1.54, 1.807) is 11.3 Å². The molecule has 2 rings (SSSR count). The fraction of sp³-hybridized carbons (Fsp3) is 0.111. The Morgan fingerprint density at radius 3 is 3.00 bits per heavy atom. The summed E-state index contributed by atoms with van der Waals surface area (Å²) in [6.07, 6.45) is 0. The predicted molar refractivity (Wildman–Crippen MR) is 54.5 cm³/mol. The first kappa shape index (κ1) is 8.05. The zero-order valence-corrected chi connectivity index (χ0v) is 7.95. The van der Waals surface area contributed by atoms with Gasteiger partial charge in [0.15, 0.2) is 0 Å². The monoisotopic (exact) mass is 197 g/mol. The highest BCUT2D eigenvalue weighted by atomic mass is 35.5. The molecule has 1 aromatic heterocycles. The summed E-state index contributed by atoms with van der Waals surface area (Å²) >= 11 is 7.20. The minimum absolute atomic E-state index is 0.728. The molecule has 0 aliphatic heterocycles. The van der Waals surface area contributed by atoms with E-state index in [-0.39, 0.29) is 0 Å². The average Bonchev–Trinajstić information content (AvgIpc) is 2.50. The SMILES string of the molecule is ClNCc1csc2ccccc12. The van der Waals surface area contributed by atoms with Crippen LogP contribution in [0.25, 0.3) is 10.1 Å². The Morgan fingerprint density at radius 2 is 2.17 bits per heavy atom. The van der Waals surface area contributed by atoms with Crippen molar-refractivity contribution in [3.05, 3.63) is 35.2 Å². The van der Waals surface area contributed by atoms with Crippen LogP contribution in [0.3, 0.4) is 0 Å². The molecule has 1 N–H and O–H groups in total. The van der Waals surface area contributed by atoms with Crippen LogP contribution in [-0.2, 0) is 6.54 Å². The fourth-order valence-electron chi connectivity index (χ4n) is 1.24. The molecule has 0 atom stereocenters. The van der Waals surface area contributed by atoms with Gasteiger partial charge in [0.1, 0.15) is 0 Å². The van der Waals surface area contributed by atoms with E-state index in [0.717, 1.165) is 6.54 Å². The molecule has 0 aliphatic carbocycles. The average molecular weight is 198 g/mol. The van der Waals surface area contributed by atoms with Crippen LogP contribution in [0, 0.1) is 0 Å². The van der Waals surface area contributed by atoms with Gasteiger partial charge < -0.3 is 0 Å². The topological polar surface area (TPSA) is 12.0 Å². The minimum atomic E-state index is 0.728. The second-order valence-corrected chi connectivity index (χ2v) is 3.75. The summed E-state index contributed by atoms with van der Waals surface area (Å²) in [6.45, 7) is 0.728. The number of hydrogen-bond acceptors (Lipinski definition) is 2. The van der Waals surface area contributed by atoms with Gasteiger partial charge in [0.05, 0.1) is 0 Å². The summed E-state index contributed by atoms with van der Waals surface area (Å²) in [5.74, 6) is 0. The lowest BCUT2D eigenvalue weighted by Crippen LogP contribution is -1.96. The molecule has 1 nitrogen and oxygen atoms in total. The lowest BCUT2D eigenvalue weighted by atomic mass is 10.2. The van der Waals surface area contributed by atoms with E-state index in [4.69, 9.17) is 11.8 Å². The standard InChI is InChI=1S/C9H8ClNS/c10-11-5-7-6-12-9-4-2-1-3-8(7)9/h1-4,6,11H,5H2. The van der Waals surface area contributed by atoms with Gasteiger partial charge in [-0.25, -0.2) is 4.84 Å². The Balaban J connectivity index is 2.55. The van der Waals surface area contributed by atoms with Gasteiger partial charge in [0.2, 0.25) is 0 Å². The van der Waals surface area contributed by atoms with Crippen molar-refractivity contribution in [2.75, 3.05) is 0 Å². The Labute approximate surface area is 80.1 Å². The minimum Gasteiger partial charge on any atom is -0.229 e. The molecule has 0 saturated heterocycles. The highest BCUT2D eigenvalue weighted by Crippen LogP contribution is 2.25. The molecule has 0 amide bonds. The first-order valence-electron chi connectivity index (χ1n) is 3.70. The normalized spacial score (nSPS) is 10.8. The van der Waals surface area contributed by atoms with Crippen molar-refractivity contribution in [2.45, 2.75) is 6.54 Å². The largest absolute Gasteiger partial charge is 0.229 e. The number of thiophene rings is 1. The number of fused-ring (bicyclic) bond motifs is 1. The van der Waals surface area contributed by atoms with Crippen LogP contribution in [0.4, 0.5) is 0 Å². The van der Waals surface area contributed by atoms with Crippen LogP contribution in [0.1, 0.15) is 5.56 Å². The molecule has 0 radical (unpaired) electrons. The maximum Gasteiger partial charge on any atom is 0.0373 e. The smallest absolute Gasteiger partial charge is 0.0373 e. The third-order valence-electron chi connectivity index (χ3n) is 1.82. The van der Waals surface area contributed by atoms with Gasteiger partial charge in [-0.15, -0.1) is 11.3 Å². The number of benzene rings is 1. The summed E-state index contributed by atoms with van der Waals surface area (Å²) in [5.41, 5.74) is 1.27. The Bertz CT molecular complexity index is 383. The van der Waals surface area contributed by atoms with Crippen LogP contribution < -0.4 is 4.84 Å². The molecule has 0 fully saturated rings. The van der Waals surface area contributed by atoms with Crippen molar-refractivity contribution in [2.24, 2.45) is 0 Å². The third kappa shape index (κ3) is 1.33. The van der Waals surface area contributed by atoms with Crippen molar-refractivity contribution in [1.82, 2.24) is 4.84 Å². The van der Waals surface area contributed by atoms with Crippen LogP contribution in [0.2, 0.25) is 0 Å². The summed E-state index contributed by atoms with van der Waals surface area (Å²) < 4.78 is 1.32. The van der Waals surface area contributed by atoms with Gasteiger partial charge in [0.25, 0.3) is 0 Å². The number of halogens is 1. The van der Waals surface area contributed by atoms with Crippen molar-refractivity contribution >= 4 is 33.2 Å². The molecule has 12 heavy (non-hydrogen) atoms. The Kier molecular flexibility index (Phi) is 2.30. The molecule has 1 aromatic carbocycles. The summed E-state index contributed by atoms with van der Waals surface area (Å²) in [4.78, 5) is 2.64. The number of rotatable bonds is 2. The Morgan fingerprint density at radius 1 is 1.33 bits per heavy atom. The summed E-state index contributed by atoms with van der Waals surface area (Å²) in [6, 6.07) is 8.34. The van der Waals surface area contributed by atoms with Crippen molar-refractivity contribution < 1.29 is 0 Å². The van der Waals surface area contributed by atoms with Crippen LogP contribution >= 0.6 is 23.1 Å². The molecule has 0 spiro atoms. The molecule has 0 aliphatic rings. The number of hydrogen-bond donors (Lipinski definition) is 1. The molecule has 0 unspecified atom stereocenters. The van der Waals surface area contributed by atoms with Gasteiger partial charge in [-0.2, -0.15) is 0 Å². The molecule has 62 valence electrons. The van der Waals surface area contributed by atoms with Crippen molar-refractivity contribution in [3.63, 3.8) is 0 Å². The van der Waals surface area contributed by atoms with E-state index in [1.165, 1.54) is 15.6 Å². The van der Waals surface area contributed by atoms with Crippen LogP contribution in [-0.4, -0.2) is 0 Å². The summed E-state index contributed by atoms with van der Waals surface area (Å²) in [7, 11) is 0. The molecular formula is C9H8ClNS.